The molecule has 9 heteroatoms. The highest BCUT2D eigenvalue weighted by atomic mass is 16.6. The zero-order valence-corrected chi connectivity index (χ0v) is 15.9. The Morgan fingerprint density at radius 2 is 2.00 bits per heavy atom. The third kappa shape index (κ3) is 4.37. The predicted octanol–water partition coefficient (Wildman–Crippen LogP) is 3.86. The van der Waals surface area contributed by atoms with Gasteiger partial charge in [-0.25, -0.2) is 4.79 Å². The number of nitrogens with one attached hydrogen (secondary N) is 1. The van der Waals surface area contributed by atoms with Crippen LogP contribution >= 0.6 is 0 Å². The second-order valence-corrected chi connectivity index (χ2v) is 6.84. The van der Waals surface area contributed by atoms with Gasteiger partial charge in [-0.2, -0.15) is 4.98 Å². The van der Waals surface area contributed by atoms with Crippen molar-refractivity contribution >= 4 is 11.8 Å². The number of rotatable bonds is 4. The van der Waals surface area contributed by atoms with Crippen LogP contribution in [0.5, 0.6) is 11.5 Å². The molecule has 0 aliphatic rings. The molecule has 9 nitrogen and oxygen atoms in total. The molecule has 2 aromatic heterocycles. The Labute approximate surface area is 161 Å². The number of phenols is 1. The van der Waals surface area contributed by atoms with E-state index >= 15 is 0 Å². The summed E-state index contributed by atoms with van der Waals surface area (Å²) in [6, 6.07) is 8.23. The largest absolute Gasteiger partial charge is 0.504 e. The summed E-state index contributed by atoms with van der Waals surface area (Å²) in [6.45, 7) is 5.34. The van der Waals surface area contributed by atoms with Crippen molar-refractivity contribution in [2.24, 2.45) is 0 Å². The Morgan fingerprint density at radius 1 is 1.21 bits per heavy atom. The van der Waals surface area contributed by atoms with E-state index in [9.17, 15) is 9.90 Å². The summed E-state index contributed by atoms with van der Waals surface area (Å²) in [5, 5.41) is 16.7. The average Bonchev–Trinajstić information content (AvgIpc) is 3.10. The molecule has 0 aliphatic carbocycles. The van der Waals surface area contributed by atoms with E-state index in [4.69, 9.17) is 14.0 Å². The van der Waals surface area contributed by atoms with E-state index in [0.717, 1.165) is 0 Å². The van der Waals surface area contributed by atoms with Crippen LogP contribution in [0.25, 0.3) is 23.0 Å². The molecule has 1 aromatic carbocycles. The van der Waals surface area contributed by atoms with Crippen molar-refractivity contribution in [3.05, 3.63) is 36.5 Å². The number of hydrogen-bond acceptors (Lipinski definition) is 8. The van der Waals surface area contributed by atoms with Gasteiger partial charge in [-0.3, -0.25) is 10.3 Å². The number of hydrogen-bond donors (Lipinski definition) is 2. The van der Waals surface area contributed by atoms with Gasteiger partial charge in [-0.05, 0) is 45.0 Å². The first-order valence-corrected chi connectivity index (χ1v) is 8.43. The number of nitrogens with zero attached hydrogens (tertiary/aromatic N) is 3. The highest BCUT2D eigenvalue weighted by Crippen LogP contribution is 2.36. The van der Waals surface area contributed by atoms with Crippen molar-refractivity contribution in [2.75, 3.05) is 12.4 Å². The number of methoxy groups -OCH3 is 1. The monoisotopic (exact) mass is 384 g/mol. The molecule has 0 aliphatic heterocycles. The van der Waals surface area contributed by atoms with Gasteiger partial charge < -0.3 is 19.1 Å². The molecular weight excluding hydrogens is 364 g/mol. The first-order valence-electron chi connectivity index (χ1n) is 8.43. The first kappa shape index (κ1) is 19.2. The van der Waals surface area contributed by atoms with Crippen molar-refractivity contribution in [3.8, 4) is 34.5 Å². The van der Waals surface area contributed by atoms with Crippen LogP contribution in [0.3, 0.4) is 0 Å². The fourth-order valence-electron chi connectivity index (χ4n) is 2.32. The fourth-order valence-corrected chi connectivity index (χ4v) is 2.32. The van der Waals surface area contributed by atoms with Gasteiger partial charge in [0.05, 0.1) is 24.6 Å². The van der Waals surface area contributed by atoms with E-state index in [0.29, 0.717) is 22.7 Å². The molecule has 0 saturated carbocycles. The van der Waals surface area contributed by atoms with Crippen molar-refractivity contribution in [1.82, 2.24) is 15.1 Å². The number of anilines is 1. The van der Waals surface area contributed by atoms with Crippen LogP contribution in [0.15, 0.2) is 41.1 Å². The summed E-state index contributed by atoms with van der Waals surface area (Å²) in [6.07, 6.45) is 0.885. The van der Waals surface area contributed by atoms with Crippen molar-refractivity contribution < 1.29 is 23.9 Å². The van der Waals surface area contributed by atoms with Crippen LogP contribution in [-0.2, 0) is 4.74 Å². The lowest BCUT2D eigenvalue weighted by Gasteiger charge is -2.19. The van der Waals surface area contributed by atoms with Gasteiger partial charge in [0.15, 0.2) is 11.5 Å². The van der Waals surface area contributed by atoms with Crippen LogP contribution in [0.1, 0.15) is 20.8 Å². The highest BCUT2D eigenvalue weighted by Gasteiger charge is 2.18. The Bertz CT molecular complexity index is 977. The Balaban J connectivity index is 1.76. The molecule has 3 aromatic rings. The molecule has 0 saturated heterocycles. The maximum atomic E-state index is 11.8. The summed E-state index contributed by atoms with van der Waals surface area (Å²) < 4.78 is 15.5. The molecule has 0 bridgehead atoms. The van der Waals surface area contributed by atoms with E-state index in [1.165, 1.54) is 13.3 Å². The Kier molecular flexibility index (Phi) is 5.16. The van der Waals surface area contributed by atoms with E-state index in [-0.39, 0.29) is 17.5 Å². The minimum absolute atomic E-state index is 0.0925. The molecule has 2 heterocycles. The molecule has 0 unspecified atom stereocenters. The Hall–Kier alpha value is -3.62. The molecule has 0 radical (unpaired) electrons. The number of ether oxygens (including phenoxy) is 2. The quantitative estimate of drug-likeness (QED) is 0.696. The third-order valence-corrected chi connectivity index (χ3v) is 3.51. The molecule has 1 amide bonds. The number of carbonyl (C=O) groups is 1. The zero-order valence-electron chi connectivity index (χ0n) is 15.9. The van der Waals surface area contributed by atoms with Gasteiger partial charge in [0.1, 0.15) is 11.3 Å². The normalized spacial score (nSPS) is 11.1. The van der Waals surface area contributed by atoms with Crippen molar-refractivity contribution in [3.63, 3.8) is 0 Å². The van der Waals surface area contributed by atoms with Gasteiger partial charge in [-0.1, -0.05) is 11.2 Å². The number of para-hydroxylation sites is 1. The van der Waals surface area contributed by atoms with Crippen molar-refractivity contribution in [2.45, 2.75) is 26.4 Å². The number of pyridine rings is 1. The summed E-state index contributed by atoms with van der Waals surface area (Å²) in [4.78, 5) is 20.3. The van der Waals surface area contributed by atoms with E-state index in [1.54, 1.807) is 51.1 Å². The molecule has 146 valence electrons. The maximum absolute atomic E-state index is 11.8. The number of amides is 1. The van der Waals surface area contributed by atoms with Gasteiger partial charge >= 0.3 is 6.09 Å². The lowest BCUT2D eigenvalue weighted by Crippen LogP contribution is -2.27. The van der Waals surface area contributed by atoms with Gasteiger partial charge in [-0.15, -0.1) is 0 Å². The lowest BCUT2D eigenvalue weighted by atomic mass is 10.2. The summed E-state index contributed by atoms with van der Waals surface area (Å²) in [5.41, 5.74) is 0.657. The number of phenolic OH excluding ortho intramolecular Hbond substituents is 1. The Morgan fingerprint density at radius 3 is 2.64 bits per heavy atom. The molecular formula is C19H20N4O5. The summed E-state index contributed by atoms with van der Waals surface area (Å²) in [5.74, 6) is 0.572. The smallest absolute Gasteiger partial charge is 0.412 e. The number of aromatic hydroxyl groups is 1. The molecule has 0 atom stereocenters. The SMILES string of the molecule is COc1cccc(-c2nc(-c3ccc(NC(=O)OC(C)(C)C)cn3)no2)c1O. The highest BCUT2D eigenvalue weighted by molar-refractivity contribution is 5.84. The van der Waals surface area contributed by atoms with Gasteiger partial charge in [0.25, 0.3) is 5.89 Å². The average molecular weight is 384 g/mol. The lowest BCUT2D eigenvalue weighted by molar-refractivity contribution is 0.0636. The third-order valence-electron chi connectivity index (χ3n) is 3.51. The van der Waals surface area contributed by atoms with Crippen LogP contribution in [0.2, 0.25) is 0 Å². The van der Waals surface area contributed by atoms with E-state index < -0.39 is 11.7 Å². The molecule has 2 N–H and O–H groups in total. The standard InChI is InChI=1S/C19H20N4O5/c1-19(2,3)27-18(25)21-11-8-9-13(20-10-11)16-22-17(28-23-16)12-6-5-7-14(26-4)15(12)24/h5-10,24H,1-4H3,(H,21,25). The van der Waals surface area contributed by atoms with Crippen LogP contribution in [-0.4, -0.2) is 39.0 Å². The predicted molar refractivity (Wildman–Crippen MR) is 101 cm³/mol. The topological polar surface area (TPSA) is 120 Å². The number of aromatic nitrogens is 3. The van der Waals surface area contributed by atoms with E-state index in [1.807, 2.05) is 0 Å². The van der Waals surface area contributed by atoms with Gasteiger partial charge in [0.2, 0.25) is 5.82 Å². The van der Waals surface area contributed by atoms with Crippen molar-refractivity contribution in [1.29, 1.82) is 0 Å². The minimum Gasteiger partial charge on any atom is -0.504 e. The molecule has 28 heavy (non-hydrogen) atoms. The minimum atomic E-state index is -0.593. The molecule has 0 spiro atoms. The van der Waals surface area contributed by atoms with Crippen LogP contribution < -0.4 is 10.1 Å². The maximum Gasteiger partial charge on any atom is 0.412 e. The van der Waals surface area contributed by atoms with Crippen LogP contribution in [0.4, 0.5) is 10.5 Å². The summed E-state index contributed by atoms with van der Waals surface area (Å²) >= 11 is 0. The fraction of sp³-hybridized carbons (Fsp3) is 0.263. The molecule has 0 fully saturated rings. The number of carbonyl (C=O) groups excluding carboxylic acids is 1. The first-order chi connectivity index (χ1) is 13.3. The van der Waals surface area contributed by atoms with Gasteiger partial charge in [0, 0.05) is 0 Å². The second-order valence-electron chi connectivity index (χ2n) is 6.84. The van der Waals surface area contributed by atoms with E-state index in [2.05, 4.69) is 20.4 Å². The van der Waals surface area contributed by atoms with Crippen LogP contribution in [0, 0.1) is 0 Å². The number of benzene rings is 1. The zero-order chi connectivity index (χ0) is 20.3. The molecule has 3 rings (SSSR count). The summed E-state index contributed by atoms with van der Waals surface area (Å²) in [7, 11) is 1.45. The second kappa shape index (κ2) is 7.55.